The van der Waals surface area contributed by atoms with Gasteiger partial charge in [-0.25, -0.2) is 9.97 Å². The molecule has 5 aromatic carbocycles. The molecule has 0 saturated heterocycles. The van der Waals surface area contributed by atoms with Crippen molar-refractivity contribution in [3.8, 4) is 11.3 Å². The van der Waals surface area contributed by atoms with Crippen LogP contribution in [-0.2, 0) is 0 Å². The predicted octanol–water partition coefficient (Wildman–Crippen LogP) is 11.5. The minimum absolute atomic E-state index is 0.227. The fourth-order valence-corrected chi connectivity index (χ4v) is 8.71. The molecular weight excluding hydrogens is 619 g/mol. The van der Waals surface area contributed by atoms with Gasteiger partial charge in [-0.15, -0.1) is 0 Å². The molecule has 0 spiro atoms. The molecule has 244 valence electrons. The van der Waals surface area contributed by atoms with Crippen molar-refractivity contribution >= 4 is 38.8 Å². The maximum absolute atomic E-state index is 5.43. The Bertz CT molecular complexity index is 2580. The Balaban J connectivity index is 1.16. The van der Waals surface area contributed by atoms with Crippen LogP contribution in [0.3, 0.4) is 0 Å². The van der Waals surface area contributed by atoms with E-state index in [1.807, 2.05) is 0 Å². The highest BCUT2D eigenvalue weighted by Gasteiger charge is 2.30. The molecule has 0 bridgehead atoms. The lowest BCUT2D eigenvalue weighted by atomic mass is 9.74. The van der Waals surface area contributed by atoms with Gasteiger partial charge in [0, 0.05) is 36.2 Å². The zero-order valence-corrected chi connectivity index (χ0v) is 28.6. The van der Waals surface area contributed by atoms with Gasteiger partial charge in [0.05, 0.1) is 17.4 Å². The van der Waals surface area contributed by atoms with E-state index < -0.39 is 0 Å². The summed E-state index contributed by atoms with van der Waals surface area (Å²) in [5, 5.41) is 4.92. The van der Waals surface area contributed by atoms with E-state index in [9.17, 15) is 0 Å². The van der Waals surface area contributed by atoms with E-state index in [4.69, 9.17) is 9.97 Å². The van der Waals surface area contributed by atoms with Gasteiger partial charge < -0.3 is 4.90 Å². The zero-order valence-electron chi connectivity index (χ0n) is 28.6. The second-order valence-corrected chi connectivity index (χ2v) is 14.1. The molecule has 10 rings (SSSR count). The van der Waals surface area contributed by atoms with Crippen molar-refractivity contribution in [2.75, 3.05) is 7.05 Å². The largest absolute Gasteiger partial charge is 0.370 e. The second kappa shape index (κ2) is 12.1. The summed E-state index contributed by atoms with van der Waals surface area (Å²) in [5.41, 5.74) is 12.1. The van der Waals surface area contributed by atoms with Crippen molar-refractivity contribution in [1.29, 1.82) is 0 Å². The molecule has 0 amide bonds. The van der Waals surface area contributed by atoms with Crippen molar-refractivity contribution < 1.29 is 0 Å². The summed E-state index contributed by atoms with van der Waals surface area (Å²) in [6, 6.07) is 39.8. The van der Waals surface area contributed by atoms with Crippen molar-refractivity contribution in [3.63, 3.8) is 0 Å². The van der Waals surface area contributed by atoms with E-state index in [2.05, 4.69) is 176 Å². The maximum Gasteiger partial charge on any atom is 0.156 e. The molecule has 0 radical (unpaired) electrons. The molecule has 0 saturated carbocycles. The highest BCUT2D eigenvalue weighted by molar-refractivity contribution is 6.13. The van der Waals surface area contributed by atoms with Crippen LogP contribution in [0, 0.1) is 5.92 Å². The third-order valence-corrected chi connectivity index (χ3v) is 11.2. The van der Waals surface area contributed by atoms with Crippen molar-refractivity contribution in [2.24, 2.45) is 5.92 Å². The quantitative estimate of drug-likeness (QED) is 0.177. The van der Waals surface area contributed by atoms with E-state index in [1.165, 1.54) is 60.5 Å². The fourth-order valence-electron chi connectivity index (χ4n) is 8.71. The van der Waals surface area contributed by atoms with Crippen molar-refractivity contribution in [3.05, 3.63) is 197 Å². The van der Waals surface area contributed by atoms with Crippen LogP contribution in [0.1, 0.15) is 58.6 Å². The highest BCUT2D eigenvalue weighted by atomic mass is 15.1. The van der Waals surface area contributed by atoms with Crippen molar-refractivity contribution in [2.45, 2.75) is 24.8 Å². The van der Waals surface area contributed by atoms with Crippen LogP contribution in [0.25, 0.3) is 50.0 Å². The summed E-state index contributed by atoms with van der Waals surface area (Å²) < 4.78 is 0. The van der Waals surface area contributed by atoms with Crippen LogP contribution in [0.15, 0.2) is 163 Å². The minimum Gasteiger partial charge on any atom is -0.370 e. The average Bonchev–Trinajstić information content (AvgIpc) is 3.20. The van der Waals surface area contributed by atoms with E-state index in [1.54, 1.807) is 0 Å². The van der Waals surface area contributed by atoms with Crippen LogP contribution in [0.4, 0.5) is 0 Å². The lowest BCUT2D eigenvalue weighted by Gasteiger charge is -2.35. The number of benzene rings is 5. The smallest absolute Gasteiger partial charge is 0.156 e. The minimum atomic E-state index is 0.227. The SMILES string of the molecule is CN1C=Cc2ccccc2C1C1=CC=C(c2nc(C3=CC4C=CC=CC4c4ccccc43)cc(-c3cc4ccccc4c4ccccc34)n2)CC1. The van der Waals surface area contributed by atoms with Gasteiger partial charge in [-0.2, -0.15) is 0 Å². The maximum atomic E-state index is 5.43. The predicted molar refractivity (Wildman–Crippen MR) is 212 cm³/mol. The number of allylic oxidation sites excluding steroid dienone is 8. The van der Waals surface area contributed by atoms with Crippen molar-refractivity contribution in [1.82, 2.24) is 14.9 Å². The molecule has 1 aromatic heterocycles. The molecule has 4 aliphatic rings. The lowest BCUT2D eigenvalue weighted by Crippen LogP contribution is -2.25. The topological polar surface area (TPSA) is 29.0 Å². The second-order valence-electron chi connectivity index (χ2n) is 14.1. The molecule has 3 unspecified atom stereocenters. The molecule has 51 heavy (non-hydrogen) atoms. The Kier molecular flexibility index (Phi) is 7.06. The lowest BCUT2D eigenvalue weighted by molar-refractivity contribution is 0.368. The summed E-state index contributed by atoms with van der Waals surface area (Å²) in [5.74, 6) is 1.43. The van der Waals surface area contributed by atoms with Gasteiger partial charge in [0.25, 0.3) is 0 Å². The van der Waals surface area contributed by atoms with E-state index in [0.29, 0.717) is 5.92 Å². The molecule has 0 N–H and O–H groups in total. The van der Waals surface area contributed by atoms with Crippen LogP contribution in [-0.4, -0.2) is 21.9 Å². The molecule has 6 aromatic rings. The van der Waals surface area contributed by atoms with Crippen LogP contribution in [0.5, 0.6) is 0 Å². The normalized spacial score (nSPS) is 20.4. The fraction of sp³-hybridized carbons (Fsp3) is 0.125. The number of nitrogens with zero attached hydrogens (tertiary/aromatic N) is 3. The Morgan fingerprint density at radius 3 is 2.27 bits per heavy atom. The summed E-state index contributed by atoms with van der Waals surface area (Å²) in [6.07, 6.45) is 22.3. The number of hydrogen-bond acceptors (Lipinski definition) is 3. The standard InChI is InChI=1S/C48H37N3/c1-51-27-26-31-12-2-7-17-38(31)47(51)32-22-24-33(25-23-32)48-49-45(43-28-34-13-3-5-15-36(34)39-18-8-10-20-41(39)43)30-46(50-48)44-29-35-14-4-6-16-37(35)40-19-9-11-21-42(40)44/h2-22,24,26-30,34,36,47H,23,25H2,1H3. The number of aromatic nitrogens is 2. The van der Waals surface area contributed by atoms with Gasteiger partial charge in [0.1, 0.15) is 0 Å². The molecule has 3 atom stereocenters. The summed E-state index contributed by atoms with van der Waals surface area (Å²) in [7, 11) is 2.18. The first-order chi connectivity index (χ1) is 25.2. The number of likely N-dealkylation sites (N-methyl/N-ethyl adjacent to an activating group) is 1. The first-order valence-electron chi connectivity index (χ1n) is 18.0. The number of fused-ring (bicyclic) bond motifs is 7. The third kappa shape index (κ3) is 5.03. The monoisotopic (exact) mass is 655 g/mol. The molecule has 3 aliphatic carbocycles. The van der Waals surface area contributed by atoms with Crippen LogP contribution < -0.4 is 0 Å². The third-order valence-electron chi connectivity index (χ3n) is 11.2. The molecule has 2 heterocycles. The first-order valence-corrected chi connectivity index (χ1v) is 18.0. The number of hydrogen-bond donors (Lipinski definition) is 0. The summed E-state index contributed by atoms with van der Waals surface area (Å²) in [4.78, 5) is 13.2. The summed E-state index contributed by atoms with van der Waals surface area (Å²) in [6.45, 7) is 0. The summed E-state index contributed by atoms with van der Waals surface area (Å²) >= 11 is 0. The Hall–Kier alpha value is -6.06. The molecule has 3 nitrogen and oxygen atoms in total. The Labute approximate surface area is 299 Å². The van der Waals surface area contributed by atoms with E-state index in [-0.39, 0.29) is 12.0 Å². The average molecular weight is 656 g/mol. The highest BCUT2D eigenvalue weighted by Crippen LogP contribution is 2.45. The number of rotatable bonds is 4. The van der Waals surface area contributed by atoms with Gasteiger partial charge in [-0.3, -0.25) is 0 Å². The molecule has 0 fully saturated rings. The van der Waals surface area contributed by atoms with Gasteiger partial charge in [0.2, 0.25) is 0 Å². The van der Waals surface area contributed by atoms with Crippen LogP contribution >= 0.6 is 0 Å². The Morgan fingerprint density at radius 1 is 0.647 bits per heavy atom. The Morgan fingerprint density at radius 2 is 1.39 bits per heavy atom. The van der Waals surface area contributed by atoms with E-state index in [0.717, 1.165) is 35.6 Å². The van der Waals surface area contributed by atoms with E-state index >= 15 is 0 Å². The molecule has 3 heteroatoms. The molecule has 1 aliphatic heterocycles. The van der Waals surface area contributed by atoms with Gasteiger partial charge >= 0.3 is 0 Å². The van der Waals surface area contributed by atoms with Gasteiger partial charge in [-0.1, -0.05) is 140 Å². The van der Waals surface area contributed by atoms with Crippen LogP contribution in [0.2, 0.25) is 0 Å². The molecular formula is C48H37N3. The zero-order chi connectivity index (χ0) is 33.9. The van der Waals surface area contributed by atoms with Gasteiger partial charge in [0.15, 0.2) is 5.82 Å². The van der Waals surface area contributed by atoms with Gasteiger partial charge in [-0.05, 0) is 86.0 Å². The first kappa shape index (κ1) is 29.8.